The van der Waals surface area contributed by atoms with Crippen LogP contribution in [-0.2, 0) is 4.94 Å². The molecule has 0 fully saturated rings. The summed E-state index contributed by atoms with van der Waals surface area (Å²) in [5.41, 5.74) is 2.60. The third kappa shape index (κ3) is 1.87. The molecule has 3 aliphatic rings. The van der Waals surface area contributed by atoms with Gasteiger partial charge in [0.25, 0.3) is 0 Å². The topological polar surface area (TPSA) is 60.0 Å². The molecule has 1 aromatic rings. The summed E-state index contributed by atoms with van der Waals surface area (Å²) in [6.07, 6.45) is 8.71. The van der Waals surface area contributed by atoms with Gasteiger partial charge >= 0.3 is 0 Å². The first-order valence-electron chi connectivity index (χ1n) is 6.98. The van der Waals surface area contributed by atoms with E-state index < -0.39 is 0 Å². The van der Waals surface area contributed by atoms with Gasteiger partial charge in [0.1, 0.15) is 31.9 Å². The predicted octanol–water partition coefficient (Wildman–Crippen LogP) is 2.41. The molecule has 0 saturated carbocycles. The fourth-order valence-corrected chi connectivity index (χ4v) is 2.71. The van der Waals surface area contributed by atoms with Gasteiger partial charge in [-0.3, -0.25) is 0 Å². The predicted molar refractivity (Wildman–Crippen MR) is 84.3 cm³/mol. The average Bonchev–Trinajstić information content (AvgIpc) is 2.77. The molecule has 0 saturated heterocycles. The largest absolute Gasteiger partial charge is 0.757 e. The second-order valence-electron chi connectivity index (χ2n) is 5.64. The van der Waals surface area contributed by atoms with Gasteiger partial charge in [0, 0.05) is 24.9 Å². The lowest BCUT2D eigenvalue weighted by Crippen LogP contribution is -2.42. The van der Waals surface area contributed by atoms with Gasteiger partial charge in [-0.25, -0.2) is 0 Å². The fourth-order valence-electron chi connectivity index (χ4n) is 2.71. The molecule has 7 heteroatoms. The third-order valence-electron chi connectivity index (χ3n) is 3.78. The van der Waals surface area contributed by atoms with Crippen molar-refractivity contribution in [3.63, 3.8) is 0 Å². The molecule has 0 aliphatic carbocycles. The molecule has 114 valence electrons. The lowest BCUT2D eigenvalue weighted by molar-refractivity contribution is -0.101. The Balaban J connectivity index is 1.83. The Hall–Kier alpha value is -2.48. The maximum absolute atomic E-state index is 12.1. The summed E-state index contributed by atoms with van der Waals surface area (Å²) in [7, 11) is 3.83. The lowest BCUT2D eigenvalue weighted by atomic mass is 10.2. The number of benzene rings is 1. The number of allylic oxidation sites excluding steroid dienone is 2. The molecule has 3 aliphatic heterocycles. The second-order valence-corrected chi connectivity index (χ2v) is 5.64. The number of nitrogens with one attached hydrogen (secondary N) is 1. The zero-order valence-corrected chi connectivity index (χ0v) is 12.3. The van der Waals surface area contributed by atoms with Crippen LogP contribution in [0.5, 0.6) is 5.75 Å². The van der Waals surface area contributed by atoms with Crippen molar-refractivity contribution in [1.82, 2.24) is 9.71 Å². The van der Waals surface area contributed by atoms with Crippen molar-refractivity contribution in [2.45, 2.75) is 0 Å². The number of anilines is 2. The summed E-state index contributed by atoms with van der Waals surface area (Å²) < 4.78 is 5.71. The first-order chi connectivity index (χ1) is 10.6. The van der Waals surface area contributed by atoms with Crippen LogP contribution in [0.25, 0.3) is 0 Å². The quantitative estimate of drug-likeness (QED) is 0.804. The van der Waals surface area contributed by atoms with Crippen LogP contribution in [-0.4, -0.2) is 25.7 Å². The maximum Gasteiger partial charge on any atom is 0.196 e. The van der Waals surface area contributed by atoms with Crippen molar-refractivity contribution >= 4 is 17.1 Å². The summed E-state index contributed by atoms with van der Waals surface area (Å²) in [5, 5.41) is 17.7. The van der Waals surface area contributed by atoms with Crippen molar-refractivity contribution in [3.05, 3.63) is 53.9 Å². The molecular formula is C15H16N4O3. The monoisotopic (exact) mass is 300 g/mol. The Morgan fingerprint density at radius 2 is 2.18 bits per heavy atom. The molecule has 0 amide bonds. The van der Waals surface area contributed by atoms with Gasteiger partial charge in [0.2, 0.25) is 0 Å². The van der Waals surface area contributed by atoms with Crippen LogP contribution >= 0.6 is 0 Å². The molecular weight excluding hydrogens is 284 g/mol. The van der Waals surface area contributed by atoms with Gasteiger partial charge in [-0.15, -0.1) is 9.71 Å². The highest BCUT2D eigenvalue weighted by molar-refractivity contribution is 5.81. The van der Waals surface area contributed by atoms with Gasteiger partial charge in [-0.05, 0) is 6.08 Å². The Morgan fingerprint density at radius 1 is 1.32 bits per heavy atom. The summed E-state index contributed by atoms with van der Waals surface area (Å²) >= 11 is 0. The van der Waals surface area contributed by atoms with E-state index in [9.17, 15) is 5.21 Å². The molecule has 0 aromatic heterocycles. The minimum Gasteiger partial charge on any atom is -0.757 e. The van der Waals surface area contributed by atoms with Gasteiger partial charge in [-0.1, -0.05) is 17.1 Å². The number of rotatable bonds is 1. The number of ether oxygens (including phenoxy) is 1. The summed E-state index contributed by atoms with van der Waals surface area (Å²) in [4.78, 5) is 5.97. The highest BCUT2D eigenvalue weighted by atomic mass is 16.9. The van der Waals surface area contributed by atoms with Gasteiger partial charge < -0.3 is 20.3 Å². The van der Waals surface area contributed by atoms with Crippen molar-refractivity contribution < 1.29 is 9.68 Å². The number of nitrogens with zero attached hydrogens (tertiary/aromatic N) is 3. The summed E-state index contributed by atoms with van der Waals surface area (Å²) in [5.74, 6) is 1.15. The van der Waals surface area contributed by atoms with E-state index in [2.05, 4.69) is 5.32 Å². The Labute approximate surface area is 128 Å². The van der Waals surface area contributed by atoms with Crippen LogP contribution in [0.15, 0.2) is 48.6 Å². The van der Waals surface area contributed by atoms with Gasteiger partial charge in [0.15, 0.2) is 11.4 Å². The van der Waals surface area contributed by atoms with Crippen molar-refractivity contribution in [3.8, 4) is 5.75 Å². The van der Waals surface area contributed by atoms with Crippen molar-refractivity contribution in [2.75, 3.05) is 31.0 Å². The molecule has 0 atom stereocenters. The van der Waals surface area contributed by atoms with Crippen LogP contribution in [0.3, 0.4) is 0 Å². The second kappa shape index (κ2) is 4.51. The number of hydroxylamine groups is 5. The molecule has 0 bridgehead atoms. The Morgan fingerprint density at radius 3 is 3.00 bits per heavy atom. The minimum atomic E-state index is 0.183. The van der Waals surface area contributed by atoms with Crippen LogP contribution < -0.4 is 19.8 Å². The lowest BCUT2D eigenvalue weighted by Gasteiger charge is -2.36. The van der Waals surface area contributed by atoms with Crippen LogP contribution in [0.2, 0.25) is 0 Å². The van der Waals surface area contributed by atoms with E-state index in [-0.39, 0.29) is 4.65 Å². The van der Waals surface area contributed by atoms with E-state index >= 15 is 0 Å². The molecule has 22 heavy (non-hydrogen) atoms. The number of hydrogen-bond donors (Lipinski definition) is 1. The Kier molecular flexibility index (Phi) is 2.70. The van der Waals surface area contributed by atoms with E-state index in [0.717, 1.165) is 22.1 Å². The standard InChI is InChI=1S/C15H16N4O3/c1-19(2)13-9-11-14(21-8-6-16-11)10-12(13)18(22-19)15-5-3-4-7-17(15)20/h3-6,8-10,16H,7H2,1-2H3. The van der Waals surface area contributed by atoms with E-state index in [1.165, 1.54) is 0 Å². The first-order valence-corrected chi connectivity index (χ1v) is 6.98. The van der Waals surface area contributed by atoms with Gasteiger partial charge in [0.05, 0.1) is 5.69 Å². The zero-order valence-electron chi connectivity index (χ0n) is 12.3. The molecule has 0 radical (unpaired) electrons. The minimum absolute atomic E-state index is 0.183. The van der Waals surface area contributed by atoms with E-state index in [1.807, 2.05) is 32.3 Å². The number of quaternary nitrogens is 1. The van der Waals surface area contributed by atoms with Crippen molar-refractivity contribution in [1.29, 1.82) is 0 Å². The normalized spacial score (nSPS) is 21.0. The van der Waals surface area contributed by atoms with E-state index in [0.29, 0.717) is 18.1 Å². The molecule has 0 spiro atoms. The summed E-state index contributed by atoms with van der Waals surface area (Å²) in [6.45, 7) is 0.306. The SMILES string of the molecule is C[N+]1(C)ON(C2=CC=CCN2[O-])c2cc3c(cc21)NC=CO3. The van der Waals surface area contributed by atoms with Crippen LogP contribution in [0.1, 0.15) is 0 Å². The fraction of sp³-hybridized carbons (Fsp3) is 0.200. The molecule has 1 aromatic carbocycles. The van der Waals surface area contributed by atoms with E-state index in [1.54, 1.807) is 29.7 Å². The zero-order chi connectivity index (χ0) is 15.3. The number of fused-ring (bicyclic) bond motifs is 2. The average molecular weight is 300 g/mol. The van der Waals surface area contributed by atoms with Gasteiger partial charge in [-0.2, -0.15) is 0 Å². The summed E-state index contributed by atoms with van der Waals surface area (Å²) in [6, 6.07) is 3.85. The van der Waals surface area contributed by atoms with E-state index in [4.69, 9.17) is 9.68 Å². The molecule has 0 unspecified atom stereocenters. The Bertz CT molecular complexity index is 724. The highest BCUT2D eigenvalue weighted by Crippen LogP contribution is 2.48. The van der Waals surface area contributed by atoms with Crippen LogP contribution in [0.4, 0.5) is 17.1 Å². The highest BCUT2D eigenvalue weighted by Gasteiger charge is 2.42. The molecule has 3 heterocycles. The first kappa shape index (κ1) is 13.2. The smallest absolute Gasteiger partial charge is 0.196 e. The third-order valence-corrected chi connectivity index (χ3v) is 3.78. The van der Waals surface area contributed by atoms with Crippen LogP contribution in [0, 0.1) is 5.21 Å². The molecule has 4 rings (SSSR count). The van der Waals surface area contributed by atoms with Crippen molar-refractivity contribution in [2.24, 2.45) is 0 Å². The molecule has 7 nitrogen and oxygen atoms in total. The maximum atomic E-state index is 12.1. The number of hydrogen-bond acceptors (Lipinski definition) is 6. The molecule has 1 N–H and O–H groups in total.